The Labute approximate surface area is 88.1 Å². The fourth-order valence-electron chi connectivity index (χ4n) is 2.98. The van der Waals surface area contributed by atoms with E-state index in [9.17, 15) is 0 Å². The molecule has 0 aromatic rings. The summed E-state index contributed by atoms with van der Waals surface area (Å²) >= 11 is 0. The van der Waals surface area contributed by atoms with Gasteiger partial charge in [0.05, 0.1) is 0 Å². The van der Waals surface area contributed by atoms with Crippen LogP contribution in [0.25, 0.3) is 0 Å². The van der Waals surface area contributed by atoms with Crippen molar-refractivity contribution in [2.24, 2.45) is 5.92 Å². The van der Waals surface area contributed by atoms with Crippen LogP contribution in [0, 0.1) is 5.92 Å². The van der Waals surface area contributed by atoms with Crippen LogP contribution >= 0.6 is 0 Å². The third-order valence-electron chi connectivity index (χ3n) is 4.00. The molecule has 3 atom stereocenters. The van der Waals surface area contributed by atoms with Crippen LogP contribution in [0.2, 0.25) is 0 Å². The molecule has 2 aliphatic rings. The van der Waals surface area contributed by atoms with Crippen molar-refractivity contribution in [3.05, 3.63) is 0 Å². The van der Waals surface area contributed by atoms with E-state index >= 15 is 0 Å². The van der Waals surface area contributed by atoms with Crippen LogP contribution in [-0.4, -0.2) is 37.1 Å². The van der Waals surface area contributed by atoms with Crippen molar-refractivity contribution in [1.82, 2.24) is 10.2 Å². The maximum absolute atomic E-state index is 3.70. The van der Waals surface area contributed by atoms with Crippen LogP contribution in [0.3, 0.4) is 0 Å². The Kier molecular flexibility index (Phi) is 3.45. The maximum atomic E-state index is 3.70. The Morgan fingerprint density at radius 3 is 2.79 bits per heavy atom. The molecule has 2 aliphatic heterocycles. The molecular weight excluding hydrogens is 172 g/mol. The predicted molar refractivity (Wildman–Crippen MR) is 60.5 cm³/mol. The van der Waals surface area contributed by atoms with Gasteiger partial charge in [-0.1, -0.05) is 13.3 Å². The summed E-state index contributed by atoms with van der Waals surface area (Å²) in [5.41, 5.74) is 0. The second kappa shape index (κ2) is 4.63. The summed E-state index contributed by atoms with van der Waals surface area (Å²) in [6.45, 7) is 4.94. The Morgan fingerprint density at radius 2 is 2.07 bits per heavy atom. The molecule has 2 saturated heterocycles. The van der Waals surface area contributed by atoms with E-state index < -0.39 is 0 Å². The molecule has 2 nitrogen and oxygen atoms in total. The molecule has 2 heteroatoms. The van der Waals surface area contributed by atoms with Gasteiger partial charge in [-0.05, 0) is 51.7 Å². The lowest BCUT2D eigenvalue weighted by atomic mass is 9.86. The number of hydrogen-bond donors (Lipinski definition) is 1. The minimum atomic E-state index is 0.775. The molecule has 2 fully saturated rings. The van der Waals surface area contributed by atoms with Crippen LogP contribution in [0.5, 0.6) is 0 Å². The molecule has 0 amide bonds. The Hall–Kier alpha value is -0.0800. The van der Waals surface area contributed by atoms with Crippen molar-refractivity contribution < 1.29 is 0 Å². The van der Waals surface area contributed by atoms with Gasteiger partial charge in [0.1, 0.15) is 0 Å². The summed E-state index contributed by atoms with van der Waals surface area (Å²) < 4.78 is 0. The van der Waals surface area contributed by atoms with Crippen LogP contribution in [0.4, 0.5) is 0 Å². The number of nitrogens with zero attached hydrogens (tertiary/aromatic N) is 1. The van der Waals surface area contributed by atoms with E-state index in [1.807, 2.05) is 0 Å². The molecule has 0 radical (unpaired) electrons. The Morgan fingerprint density at radius 1 is 1.21 bits per heavy atom. The first kappa shape index (κ1) is 10.4. The molecule has 14 heavy (non-hydrogen) atoms. The van der Waals surface area contributed by atoms with E-state index in [4.69, 9.17) is 0 Å². The van der Waals surface area contributed by atoms with Gasteiger partial charge in [-0.3, -0.25) is 0 Å². The zero-order valence-electron chi connectivity index (χ0n) is 9.63. The fourth-order valence-corrected chi connectivity index (χ4v) is 2.98. The highest BCUT2D eigenvalue weighted by Crippen LogP contribution is 2.26. The summed E-state index contributed by atoms with van der Waals surface area (Å²) in [7, 11) is 2.30. The quantitative estimate of drug-likeness (QED) is 0.688. The molecule has 82 valence electrons. The minimum Gasteiger partial charge on any atom is -0.312 e. The van der Waals surface area contributed by atoms with E-state index in [1.165, 1.54) is 45.2 Å². The second-order valence-electron chi connectivity index (χ2n) is 5.23. The summed E-state index contributed by atoms with van der Waals surface area (Å²) in [6, 6.07) is 1.58. The molecule has 1 N–H and O–H groups in total. The van der Waals surface area contributed by atoms with E-state index in [2.05, 4.69) is 24.2 Å². The highest BCUT2D eigenvalue weighted by Gasteiger charge is 2.30. The van der Waals surface area contributed by atoms with Crippen molar-refractivity contribution in [3.8, 4) is 0 Å². The normalized spacial score (nSPS) is 41.1. The van der Waals surface area contributed by atoms with Gasteiger partial charge in [-0.25, -0.2) is 0 Å². The van der Waals surface area contributed by atoms with Crippen LogP contribution in [-0.2, 0) is 0 Å². The van der Waals surface area contributed by atoms with Crippen LogP contribution in [0.1, 0.15) is 39.0 Å². The maximum Gasteiger partial charge on any atom is 0.0248 e. The number of likely N-dealkylation sites (tertiary alicyclic amines) is 1. The van der Waals surface area contributed by atoms with Crippen LogP contribution in [0.15, 0.2) is 0 Å². The summed E-state index contributed by atoms with van der Waals surface area (Å²) in [6.07, 6.45) is 6.98. The van der Waals surface area contributed by atoms with Crippen molar-refractivity contribution in [1.29, 1.82) is 0 Å². The van der Waals surface area contributed by atoms with Gasteiger partial charge < -0.3 is 10.2 Å². The van der Waals surface area contributed by atoms with E-state index in [1.54, 1.807) is 0 Å². The van der Waals surface area contributed by atoms with Gasteiger partial charge in [-0.2, -0.15) is 0 Å². The van der Waals surface area contributed by atoms with Gasteiger partial charge in [0, 0.05) is 12.1 Å². The average molecular weight is 196 g/mol. The zero-order valence-corrected chi connectivity index (χ0v) is 9.63. The van der Waals surface area contributed by atoms with E-state index in [-0.39, 0.29) is 0 Å². The molecule has 0 spiro atoms. The number of nitrogens with one attached hydrogen (secondary N) is 1. The Bertz CT molecular complexity index is 175. The van der Waals surface area contributed by atoms with Gasteiger partial charge in [0.2, 0.25) is 0 Å². The second-order valence-corrected chi connectivity index (χ2v) is 5.23. The third kappa shape index (κ3) is 2.29. The molecule has 3 unspecified atom stereocenters. The molecule has 0 bridgehead atoms. The molecule has 2 rings (SSSR count). The van der Waals surface area contributed by atoms with Gasteiger partial charge >= 0.3 is 0 Å². The van der Waals surface area contributed by atoms with Crippen molar-refractivity contribution in [3.63, 3.8) is 0 Å². The minimum absolute atomic E-state index is 0.775. The summed E-state index contributed by atoms with van der Waals surface area (Å²) in [5.74, 6) is 0.930. The first-order valence-corrected chi connectivity index (χ1v) is 6.21. The van der Waals surface area contributed by atoms with E-state index in [0.29, 0.717) is 0 Å². The lowest BCUT2D eigenvalue weighted by molar-refractivity contribution is 0.104. The van der Waals surface area contributed by atoms with Gasteiger partial charge in [-0.15, -0.1) is 0 Å². The smallest absolute Gasteiger partial charge is 0.0248 e. The lowest BCUT2D eigenvalue weighted by Crippen LogP contribution is -2.53. The number of rotatable bonds is 1. The zero-order chi connectivity index (χ0) is 9.97. The summed E-state index contributed by atoms with van der Waals surface area (Å²) in [5, 5.41) is 3.70. The van der Waals surface area contributed by atoms with Crippen molar-refractivity contribution in [2.75, 3.05) is 20.1 Å². The molecule has 0 saturated carbocycles. The predicted octanol–water partition coefficient (Wildman–Crippen LogP) is 1.86. The third-order valence-corrected chi connectivity index (χ3v) is 4.00. The van der Waals surface area contributed by atoms with Gasteiger partial charge in [0.25, 0.3) is 0 Å². The first-order valence-electron chi connectivity index (χ1n) is 6.21. The molecule has 0 aromatic carbocycles. The van der Waals surface area contributed by atoms with Crippen molar-refractivity contribution in [2.45, 2.75) is 51.1 Å². The lowest BCUT2D eigenvalue weighted by Gasteiger charge is -2.42. The molecular formula is C12H24N2. The van der Waals surface area contributed by atoms with Gasteiger partial charge in [0.15, 0.2) is 0 Å². The monoisotopic (exact) mass is 196 g/mol. The SMILES string of the molecule is CC1CCN(C)C(C2CCCCN2)C1. The standard InChI is InChI=1S/C12H24N2/c1-10-6-8-14(2)12(9-10)11-5-3-4-7-13-11/h10-13H,3-9H2,1-2H3. The van der Waals surface area contributed by atoms with Crippen molar-refractivity contribution >= 4 is 0 Å². The highest BCUT2D eigenvalue weighted by molar-refractivity contribution is 4.89. The number of likely N-dealkylation sites (N-methyl/N-ethyl adjacent to an activating group) is 1. The average Bonchev–Trinajstić information content (AvgIpc) is 2.23. The number of hydrogen-bond acceptors (Lipinski definition) is 2. The fraction of sp³-hybridized carbons (Fsp3) is 1.00. The number of piperidine rings is 2. The first-order chi connectivity index (χ1) is 6.77. The topological polar surface area (TPSA) is 15.3 Å². The molecule has 0 aliphatic carbocycles. The highest BCUT2D eigenvalue weighted by atomic mass is 15.2. The summed E-state index contributed by atoms with van der Waals surface area (Å²) in [4.78, 5) is 2.57. The molecule has 0 aromatic heterocycles. The largest absolute Gasteiger partial charge is 0.312 e. The van der Waals surface area contributed by atoms with Crippen LogP contribution < -0.4 is 5.32 Å². The van der Waals surface area contributed by atoms with E-state index in [0.717, 1.165) is 18.0 Å². The molecule has 2 heterocycles. The Balaban J connectivity index is 1.92.